The number of amides is 2. The first-order valence-electron chi connectivity index (χ1n) is 12.3. The van der Waals surface area contributed by atoms with Gasteiger partial charge in [0.25, 0.3) is 0 Å². The molecule has 11 heteroatoms. The molecular formula is C27H31F3N4O4. The largest absolute Gasteiger partial charge is 0.507 e. The lowest BCUT2D eigenvalue weighted by molar-refractivity contribution is -0.138. The number of carbonyl (C=O) groups is 2. The molecule has 2 fully saturated rings. The third kappa shape index (κ3) is 6.39. The van der Waals surface area contributed by atoms with Crippen LogP contribution < -0.4 is 10.2 Å². The number of aromatic hydroxyl groups is 1. The zero-order valence-corrected chi connectivity index (χ0v) is 21.1. The Morgan fingerprint density at radius 1 is 1.11 bits per heavy atom. The van der Waals surface area contributed by atoms with Gasteiger partial charge in [-0.3, -0.25) is 14.5 Å². The summed E-state index contributed by atoms with van der Waals surface area (Å²) in [6.07, 6.45) is -4.23. The van der Waals surface area contributed by atoms with Crippen molar-refractivity contribution in [3.05, 3.63) is 60.2 Å². The van der Waals surface area contributed by atoms with Crippen LogP contribution in [-0.2, 0) is 20.5 Å². The summed E-state index contributed by atoms with van der Waals surface area (Å²) >= 11 is 0. The highest BCUT2D eigenvalue weighted by Crippen LogP contribution is 2.37. The number of hydrogen-bond donors (Lipinski definition) is 2. The number of nitrogens with one attached hydrogen (secondary N) is 1. The molecule has 0 saturated carbocycles. The number of ether oxygens (including phenoxy) is 1. The number of piperazine rings is 1. The monoisotopic (exact) mass is 532 g/mol. The number of likely N-dealkylation sites (tertiary alicyclic amines) is 1. The molecule has 0 bridgehead atoms. The third-order valence-corrected chi connectivity index (χ3v) is 6.98. The van der Waals surface area contributed by atoms with Gasteiger partial charge in [-0.25, -0.2) is 0 Å². The number of carbonyl (C=O) groups excluding carboxylic acids is 2. The molecule has 2 N–H and O–H groups in total. The van der Waals surface area contributed by atoms with Crippen LogP contribution in [0.2, 0.25) is 0 Å². The van der Waals surface area contributed by atoms with Crippen LogP contribution in [0, 0.1) is 5.92 Å². The summed E-state index contributed by atoms with van der Waals surface area (Å²) in [4.78, 5) is 31.5. The lowest BCUT2D eigenvalue weighted by atomic mass is 10.1. The molecular weight excluding hydrogens is 501 g/mol. The summed E-state index contributed by atoms with van der Waals surface area (Å²) in [5.74, 6) is -1.18. The predicted molar refractivity (Wildman–Crippen MR) is 138 cm³/mol. The minimum absolute atomic E-state index is 0.0134. The zero-order chi connectivity index (χ0) is 27.4. The van der Waals surface area contributed by atoms with Gasteiger partial charge in [0.05, 0.1) is 25.1 Å². The maximum Gasteiger partial charge on any atom is 0.420 e. The van der Waals surface area contributed by atoms with Crippen molar-refractivity contribution in [1.82, 2.24) is 9.80 Å². The SMILES string of the molecule is C=C(OC)c1cccc(N2CCN(C(=O)CN3CC[C@@H](C(=O)Nc4ccc(O)c(C(F)(F)F)c4)C3)CC2)c1. The summed E-state index contributed by atoms with van der Waals surface area (Å²) in [6, 6.07) is 10.8. The van der Waals surface area contributed by atoms with E-state index in [0.717, 1.165) is 17.3 Å². The van der Waals surface area contributed by atoms with Crippen LogP contribution in [0.5, 0.6) is 5.75 Å². The summed E-state index contributed by atoms with van der Waals surface area (Å²) in [7, 11) is 1.58. The molecule has 2 amide bonds. The van der Waals surface area contributed by atoms with Crippen LogP contribution in [0.25, 0.3) is 5.76 Å². The van der Waals surface area contributed by atoms with E-state index in [1.165, 1.54) is 6.07 Å². The van der Waals surface area contributed by atoms with Gasteiger partial charge in [0.1, 0.15) is 11.5 Å². The van der Waals surface area contributed by atoms with Crippen molar-refractivity contribution in [2.24, 2.45) is 5.92 Å². The summed E-state index contributed by atoms with van der Waals surface area (Å²) < 4.78 is 44.3. The van der Waals surface area contributed by atoms with Gasteiger partial charge >= 0.3 is 6.18 Å². The maximum atomic E-state index is 13.0. The summed E-state index contributed by atoms with van der Waals surface area (Å²) in [5.41, 5.74) is 0.700. The predicted octanol–water partition coefficient (Wildman–Crippen LogP) is 3.64. The maximum absolute atomic E-state index is 13.0. The first-order valence-corrected chi connectivity index (χ1v) is 12.3. The van der Waals surface area contributed by atoms with Crippen LogP contribution in [0.3, 0.4) is 0 Å². The molecule has 0 aromatic heterocycles. The number of nitrogens with zero attached hydrogens (tertiary/aromatic N) is 3. The van der Waals surface area contributed by atoms with Crippen LogP contribution in [-0.4, -0.2) is 79.6 Å². The van der Waals surface area contributed by atoms with Gasteiger partial charge in [-0.1, -0.05) is 18.7 Å². The molecule has 204 valence electrons. The van der Waals surface area contributed by atoms with E-state index in [9.17, 15) is 27.9 Å². The van der Waals surface area contributed by atoms with Gasteiger partial charge in [-0.2, -0.15) is 13.2 Å². The van der Waals surface area contributed by atoms with E-state index < -0.39 is 29.3 Å². The van der Waals surface area contributed by atoms with Crippen molar-refractivity contribution in [3.63, 3.8) is 0 Å². The zero-order valence-electron chi connectivity index (χ0n) is 21.1. The van der Waals surface area contributed by atoms with Crippen molar-refractivity contribution in [1.29, 1.82) is 0 Å². The van der Waals surface area contributed by atoms with E-state index >= 15 is 0 Å². The van der Waals surface area contributed by atoms with Crippen LogP contribution >= 0.6 is 0 Å². The summed E-state index contributed by atoms with van der Waals surface area (Å²) in [6.45, 7) is 7.50. The molecule has 2 heterocycles. The van der Waals surface area contributed by atoms with Gasteiger partial charge in [-0.15, -0.1) is 0 Å². The molecule has 2 aliphatic rings. The fraction of sp³-hybridized carbons (Fsp3) is 0.407. The minimum Gasteiger partial charge on any atom is -0.507 e. The number of anilines is 2. The Balaban J connectivity index is 1.25. The Bertz CT molecular complexity index is 1200. The Morgan fingerprint density at radius 3 is 2.53 bits per heavy atom. The summed E-state index contributed by atoms with van der Waals surface area (Å²) in [5, 5.41) is 12.0. The number of phenolic OH excluding ortho intramolecular Hbond substituents is 1. The van der Waals surface area contributed by atoms with E-state index in [-0.39, 0.29) is 18.1 Å². The number of halogens is 3. The lowest BCUT2D eigenvalue weighted by Gasteiger charge is -2.37. The van der Waals surface area contributed by atoms with Gasteiger partial charge in [-0.05, 0) is 43.3 Å². The first kappa shape index (κ1) is 27.3. The molecule has 2 aromatic rings. The van der Waals surface area contributed by atoms with Crippen LogP contribution in [0.4, 0.5) is 24.5 Å². The molecule has 8 nitrogen and oxygen atoms in total. The quantitative estimate of drug-likeness (QED) is 0.419. The van der Waals surface area contributed by atoms with Gasteiger partial charge in [0.15, 0.2) is 0 Å². The van der Waals surface area contributed by atoms with Gasteiger partial charge in [0, 0.05) is 49.7 Å². The normalized spacial score (nSPS) is 18.4. The molecule has 38 heavy (non-hydrogen) atoms. The van der Waals surface area contributed by atoms with Crippen molar-refractivity contribution in [2.75, 3.05) is 63.1 Å². The van der Waals surface area contributed by atoms with Gasteiger partial charge in [0.2, 0.25) is 11.8 Å². The van der Waals surface area contributed by atoms with E-state index in [0.29, 0.717) is 57.5 Å². The van der Waals surface area contributed by atoms with E-state index in [1.54, 1.807) is 7.11 Å². The van der Waals surface area contributed by atoms with Crippen molar-refractivity contribution in [2.45, 2.75) is 12.6 Å². The number of rotatable bonds is 7. The Kier molecular flexibility index (Phi) is 8.15. The Morgan fingerprint density at radius 2 is 1.84 bits per heavy atom. The molecule has 2 aliphatic heterocycles. The average Bonchev–Trinajstić information content (AvgIpc) is 3.37. The Hall–Kier alpha value is -3.73. The highest BCUT2D eigenvalue weighted by Gasteiger charge is 2.35. The average molecular weight is 533 g/mol. The molecule has 2 aromatic carbocycles. The first-order chi connectivity index (χ1) is 18.0. The van der Waals surface area contributed by atoms with E-state index in [4.69, 9.17) is 4.74 Å². The van der Waals surface area contributed by atoms with Crippen molar-refractivity contribution < 1.29 is 32.6 Å². The van der Waals surface area contributed by atoms with Crippen LogP contribution in [0.15, 0.2) is 49.0 Å². The topological polar surface area (TPSA) is 85.4 Å². The third-order valence-electron chi connectivity index (χ3n) is 6.98. The highest BCUT2D eigenvalue weighted by molar-refractivity contribution is 5.93. The second-order valence-corrected chi connectivity index (χ2v) is 9.49. The van der Waals surface area contributed by atoms with Gasteiger partial charge < -0.3 is 25.0 Å². The number of phenols is 1. The molecule has 0 unspecified atom stereocenters. The smallest absolute Gasteiger partial charge is 0.420 e. The molecule has 0 aliphatic carbocycles. The number of methoxy groups -OCH3 is 1. The number of hydrogen-bond acceptors (Lipinski definition) is 6. The fourth-order valence-corrected chi connectivity index (χ4v) is 4.77. The second-order valence-electron chi connectivity index (χ2n) is 9.49. The minimum atomic E-state index is -4.73. The fourth-order valence-electron chi connectivity index (χ4n) is 4.77. The van der Waals surface area contributed by atoms with Crippen LogP contribution in [0.1, 0.15) is 17.5 Å². The van der Waals surface area contributed by atoms with Crippen molar-refractivity contribution in [3.8, 4) is 5.75 Å². The number of benzene rings is 2. The number of alkyl halides is 3. The molecule has 0 radical (unpaired) electrons. The lowest BCUT2D eigenvalue weighted by Crippen LogP contribution is -2.51. The Labute approximate surface area is 219 Å². The standard InChI is InChI=1S/C27H31F3N4O4/c1-18(38-2)19-4-3-5-22(14-19)33-10-12-34(13-11-33)25(36)17-32-9-8-20(16-32)26(37)31-21-6-7-24(35)23(15-21)27(28,29)30/h3-7,14-15,20,35H,1,8-13,16-17H2,2H3,(H,31,37)/t20-/m1/s1. The molecule has 1 atom stereocenters. The molecule has 2 saturated heterocycles. The second kappa shape index (κ2) is 11.3. The molecule has 4 rings (SSSR count). The van der Waals surface area contributed by atoms with Crippen molar-refractivity contribution >= 4 is 28.9 Å². The molecule has 0 spiro atoms. The highest BCUT2D eigenvalue weighted by atomic mass is 19.4. The van der Waals surface area contributed by atoms with E-state index in [1.807, 2.05) is 34.1 Å². The van der Waals surface area contributed by atoms with E-state index in [2.05, 4.69) is 16.8 Å².